The van der Waals surface area contributed by atoms with Crippen molar-refractivity contribution in [3.05, 3.63) is 35.4 Å². The SMILES string of the molecule is CCc1ccc2c(c1)C=C[C@H](C(F)(F)F)O2. The molecule has 1 aromatic carbocycles. The molecule has 4 heteroatoms. The first-order chi connectivity index (χ1) is 7.50. The van der Waals surface area contributed by atoms with E-state index in [-0.39, 0.29) is 0 Å². The average Bonchev–Trinajstić information content (AvgIpc) is 2.26. The number of aryl methyl sites for hydroxylation is 1. The summed E-state index contributed by atoms with van der Waals surface area (Å²) in [4.78, 5) is 0. The Hall–Kier alpha value is -1.45. The van der Waals surface area contributed by atoms with Crippen molar-refractivity contribution in [2.75, 3.05) is 0 Å². The zero-order valence-corrected chi connectivity index (χ0v) is 8.71. The van der Waals surface area contributed by atoms with E-state index in [9.17, 15) is 13.2 Å². The van der Waals surface area contributed by atoms with Crippen LogP contribution in [0.15, 0.2) is 24.3 Å². The smallest absolute Gasteiger partial charge is 0.429 e. The summed E-state index contributed by atoms with van der Waals surface area (Å²) in [7, 11) is 0. The first-order valence-electron chi connectivity index (χ1n) is 5.05. The third-order valence-corrected chi connectivity index (χ3v) is 2.51. The van der Waals surface area contributed by atoms with Crippen molar-refractivity contribution in [2.45, 2.75) is 25.6 Å². The minimum atomic E-state index is -4.35. The molecule has 0 aromatic heterocycles. The Morgan fingerprint density at radius 2 is 2.06 bits per heavy atom. The minimum Gasteiger partial charge on any atom is -0.476 e. The molecule has 0 aliphatic carbocycles. The van der Waals surface area contributed by atoms with Gasteiger partial charge >= 0.3 is 6.18 Å². The molecule has 1 aliphatic rings. The van der Waals surface area contributed by atoms with Crippen LogP contribution >= 0.6 is 0 Å². The summed E-state index contributed by atoms with van der Waals surface area (Å²) in [5.41, 5.74) is 1.79. The molecule has 1 aromatic rings. The fourth-order valence-electron chi connectivity index (χ4n) is 1.60. The molecule has 1 heterocycles. The van der Waals surface area contributed by atoms with Gasteiger partial charge in [-0.3, -0.25) is 0 Å². The van der Waals surface area contributed by atoms with Crippen molar-refractivity contribution in [3.8, 4) is 5.75 Å². The van der Waals surface area contributed by atoms with Crippen LogP contribution in [0.3, 0.4) is 0 Å². The van der Waals surface area contributed by atoms with Crippen molar-refractivity contribution in [3.63, 3.8) is 0 Å². The minimum absolute atomic E-state index is 0.294. The number of benzene rings is 1. The second-order valence-corrected chi connectivity index (χ2v) is 3.66. The fraction of sp³-hybridized carbons (Fsp3) is 0.333. The van der Waals surface area contributed by atoms with Gasteiger partial charge < -0.3 is 4.74 Å². The maximum atomic E-state index is 12.4. The Labute approximate surface area is 91.5 Å². The Kier molecular flexibility index (Phi) is 2.66. The summed E-state index contributed by atoms with van der Waals surface area (Å²) < 4.78 is 42.1. The van der Waals surface area contributed by atoms with E-state index in [0.717, 1.165) is 18.1 Å². The molecule has 16 heavy (non-hydrogen) atoms. The third kappa shape index (κ3) is 2.05. The predicted molar refractivity (Wildman–Crippen MR) is 55.3 cm³/mol. The second kappa shape index (κ2) is 3.85. The summed E-state index contributed by atoms with van der Waals surface area (Å²) in [6.07, 6.45) is -2.81. The maximum Gasteiger partial charge on any atom is 0.429 e. The molecule has 86 valence electrons. The number of ether oxygens (including phenoxy) is 1. The molecule has 0 unspecified atom stereocenters. The van der Waals surface area contributed by atoms with Crippen molar-refractivity contribution >= 4 is 6.08 Å². The summed E-state index contributed by atoms with van der Waals surface area (Å²) in [6, 6.07) is 5.22. The lowest BCUT2D eigenvalue weighted by molar-refractivity contribution is -0.180. The highest BCUT2D eigenvalue weighted by molar-refractivity contribution is 5.61. The Morgan fingerprint density at radius 1 is 1.31 bits per heavy atom. The van der Waals surface area contributed by atoms with Gasteiger partial charge in [0.2, 0.25) is 6.10 Å². The largest absolute Gasteiger partial charge is 0.476 e. The summed E-state index contributed by atoms with van der Waals surface area (Å²) in [5, 5.41) is 0. The van der Waals surface area contributed by atoms with Gasteiger partial charge in [-0.25, -0.2) is 0 Å². The molecule has 0 amide bonds. The van der Waals surface area contributed by atoms with Crippen LogP contribution in [0, 0.1) is 0 Å². The molecule has 1 aliphatic heterocycles. The van der Waals surface area contributed by atoms with E-state index < -0.39 is 12.3 Å². The van der Waals surface area contributed by atoms with Gasteiger partial charge in [-0.2, -0.15) is 13.2 Å². The Morgan fingerprint density at radius 3 is 2.69 bits per heavy atom. The summed E-state index contributed by atoms with van der Waals surface area (Å²) >= 11 is 0. The van der Waals surface area contributed by atoms with Crippen LogP contribution in [0.1, 0.15) is 18.1 Å². The van der Waals surface area contributed by atoms with E-state index in [1.165, 1.54) is 6.08 Å². The molecule has 0 bridgehead atoms. The van der Waals surface area contributed by atoms with Crippen LogP contribution in [-0.4, -0.2) is 12.3 Å². The van der Waals surface area contributed by atoms with Crippen LogP contribution in [0.25, 0.3) is 6.08 Å². The lowest BCUT2D eigenvalue weighted by Gasteiger charge is -2.23. The predicted octanol–water partition coefficient (Wildman–Crippen LogP) is 3.59. The van der Waals surface area contributed by atoms with Gasteiger partial charge in [-0.1, -0.05) is 19.1 Å². The zero-order valence-electron chi connectivity index (χ0n) is 8.71. The monoisotopic (exact) mass is 228 g/mol. The van der Waals surface area contributed by atoms with E-state index >= 15 is 0 Å². The van der Waals surface area contributed by atoms with Crippen molar-refractivity contribution in [1.82, 2.24) is 0 Å². The van der Waals surface area contributed by atoms with E-state index in [2.05, 4.69) is 0 Å². The average molecular weight is 228 g/mol. The van der Waals surface area contributed by atoms with Crippen LogP contribution < -0.4 is 4.74 Å². The molecule has 0 saturated heterocycles. The summed E-state index contributed by atoms with van der Waals surface area (Å²) in [6.45, 7) is 1.99. The number of hydrogen-bond donors (Lipinski definition) is 0. The maximum absolute atomic E-state index is 12.4. The normalized spacial score (nSPS) is 19.1. The molecule has 2 rings (SSSR count). The molecule has 0 saturated carbocycles. The quantitative estimate of drug-likeness (QED) is 0.713. The lowest BCUT2D eigenvalue weighted by Crippen LogP contribution is -2.33. The van der Waals surface area contributed by atoms with E-state index in [1.54, 1.807) is 12.1 Å². The first kappa shape index (κ1) is 11.0. The highest BCUT2D eigenvalue weighted by atomic mass is 19.4. The second-order valence-electron chi connectivity index (χ2n) is 3.66. The number of hydrogen-bond acceptors (Lipinski definition) is 1. The first-order valence-corrected chi connectivity index (χ1v) is 5.05. The van der Waals surface area contributed by atoms with Crippen LogP contribution in [0.5, 0.6) is 5.75 Å². The highest BCUT2D eigenvalue weighted by Crippen LogP contribution is 2.33. The highest BCUT2D eigenvalue weighted by Gasteiger charge is 2.41. The van der Waals surface area contributed by atoms with E-state index in [4.69, 9.17) is 4.74 Å². The van der Waals surface area contributed by atoms with Gasteiger partial charge in [0.1, 0.15) is 5.75 Å². The van der Waals surface area contributed by atoms with Crippen molar-refractivity contribution in [2.24, 2.45) is 0 Å². The van der Waals surface area contributed by atoms with Crippen molar-refractivity contribution in [1.29, 1.82) is 0 Å². The topological polar surface area (TPSA) is 9.23 Å². The number of rotatable bonds is 1. The van der Waals surface area contributed by atoms with Crippen molar-refractivity contribution < 1.29 is 17.9 Å². The van der Waals surface area contributed by atoms with Crippen LogP contribution in [-0.2, 0) is 6.42 Å². The molecule has 1 nitrogen and oxygen atoms in total. The molecular weight excluding hydrogens is 217 g/mol. The molecular formula is C12H11F3O. The standard InChI is InChI=1S/C12H11F3O/c1-2-8-3-5-10-9(7-8)4-6-11(16-10)12(13,14)15/h3-7,11H,2H2,1H3/t11-/m1/s1. The molecule has 0 N–H and O–H groups in total. The van der Waals surface area contributed by atoms with Gasteiger partial charge in [-0.05, 0) is 30.2 Å². The van der Waals surface area contributed by atoms with Gasteiger partial charge in [0.25, 0.3) is 0 Å². The zero-order chi connectivity index (χ0) is 11.8. The Balaban J connectivity index is 2.30. The molecule has 0 radical (unpaired) electrons. The third-order valence-electron chi connectivity index (χ3n) is 2.51. The molecule has 0 spiro atoms. The number of halogens is 3. The number of alkyl halides is 3. The molecule has 1 atom stereocenters. The summed E-state index contributed by atoms with van der Waals surface area (Å²) in [5.74, 6) is 0.294. The van der Waals surface area contributed by atoms with Gasteiger partial charge in [0, 0.05) is 5.56 Å². The van der Waals surface area contributed by atoms with Gasteiger partial charge in [-0.15, -0.1) is 0 Å². The van der Waals surface area contributed by atoms with E-state index in [0.29, 0.717) is 11.3 Å². The van der Waals surface area contributed by atoms with Crippen LogP contribution in [0.2, 0.25) is 0 Å². The van der Waals surface area contributed by atoms with Gasteiger partial charge in [0.15, 0.2) is 0 Å². The lowest BCUT2D eigenvalue weighted by atomic mass is 10.0. The van der Waals surface area contributed by atoms with Crippen LogP contribution in [0.4, 0.5) is 13.2 Å². The van der Waals surface area contributed by atoms with Gasteiger partial charge in [0.05, 0.1) is 0 Å². The van der Waals surface area contributed by atoms with E-state index in [1.807, 2.05) is 13.0 Å². The number of fused-ring (bicyclic) bond motifs is 1. The fourth-order valence-corrected chi connectivity index (χ4v) is 1.60. The molecule has 0 fully saturated rings. The Bertz CT molecular complexity index is 421.